The maximum Gasteiger partial charge on any atom is 0.317 e. The fourth-order valence-corrected chi connectivity index (χ4v) is 3.28. The standard InChI is InChI=1S/C19H24N2O3/c1-23-15-7-5-11-21(13-15)19(22)20-12-17-16-8-4-3-6-14(16)9-10-18(17)24-2/h3-4,6,8-10,15H,5,7,11-13H2,1-2H3,(H,20,22). The lowest BCUT2D eigenvalue weighted by Gasteiger charge is -2.32. The lowest BCUT2D eigenvalue weighted by atomic mass is 10.0. The predicted molar refractivity (Wildman–Crippen MR) is 94.3 cm³/mol. The summed E-state index contributed by atoms with van der Waals surface area (Å²) >= 11 is 0. The van der Waals surface area contributed by atoms with Gasteiger partial charge in [0.05, 0.1) is 13.2 Å². The summed E-state index contributed by atoms with van der Waals surface area (Å²) < 4.78 is 10.9. The van der Waals surface area contributed by atoms with Crippen LogP contribution in [0.5, 0.6) is 5.75 Å². The number of carbonyl (C=O) groups is 1. The lowest BCUT2D eigenvalue weighted by molar-refractivity contribution is 0.0434. The van der Waals surface area contributed by atoms with E-state index in [2.05, 4.69) is 17.4 Å². The molecule has 0 spiro atoms. The van der Waals surface area contributed by atoms with Gasteiger partial charge in [-0.2, -0.15) is 0 Å². The van der Waals surface area contributed by atoms with Crippen LogP contribution in [-0.2, 0) is 11.3 Å². The molecule has 128 valence electrons. The molecule has 3 rings (SSSR count). The summed E-state index contributed by atoms with van der Waals surface area (Å²) in [7, 11) is 3.36. The molecule has 1 atom stereocenters. The molecule has 0 aromatic heterocycles. The van der Waals surface area contributed by atoms with Gasteiger partial charge in [0.2, 0.25) is 0 Å². The van der Waals surface area contributed by atoms with E-state index in [1.807, 2.05) is 29.2 Å². The molecule has 0 bridgehead atoms. The summed E-state index contributed by atoms with van der Waals surface area (Å²) in [6.07, 6.45) is 2.12. The highest BCUT2D eigenvalue weighted by atomic mass is 16.5. The van der Waals surface area contributed by atoms with Crippen LogP contribution in [-0.4, -0.2) is 44.3 Å². The first-order valence-corrected chi connectivity index (χ1v) is 8.33. The van der Waals surface area contributed by atoms with Gasteiger partial charge < -0.3 is 19.7 Å². The monoisotopic (exact) mass is 328 g/mol. The van der Waals surface area contributed by atoms with Crippen molar-refractivity contribution in [2.75, 3.05) is 27.3 Å². The van der Waals surface area contributed by atoms with Gasteiger partial charge in [-0.05, 0) is 29.7 Å². The van der Waals surface area contributed by atoms with E-state index in [1.54, 1.807) is 14.2 Å². The van der Waals surface area contributed by atoms with Crippen molar-refractivity contribution in [2.24, 2.45) is 0 Å². The average Bonchev–Trinajstić information content (AvgIpc) is 2.65. The van der Waals surface area contributed by atoms with E-state index in [9.17, 15) is 4.79 Å². The molecule has 1 unspecified atom stereocenters. The molecule has 2 amide bonds. The molecule has 2 aromatic carbocycles. The number of nitrogens with zero attached hydrogens (tertiary/aromatic N) is 1. The topological polar surface area (TPSA) is 50.8 Å². The van der Waals surface area contributed by atoms with Crippen molar-refractivity contribution in [3.8, 4) is 5.75 Å². The van der Waals surface area contributed by atoms with E-state index in [1.165, 1.54) is 0 Å². The number of rotatable bonds is 4. The molecule has 1 aliphatic heterocycles. The number of carbonyl (C=O) groups excluding carboxylic acids is 1. The van der Waals surface area contributed by atoms with Crippen LogP contribution < -0.4 is 10.1 Å². The zero-order chi connectivity index (χ0) is 16.9. The number of hydrogen-bond acceptors (Lipinski definition) is 3. The second kappa shape index (κ2) is 7.53. The molecule has 2 aromatic rings. The lowest BCUT2D eigenvalue weighted by Crippen LogP contribution is -2.47. The zero-order valence-electron chi connectivity index (χ0n) is 14.2. The summed E-state index contributed by atoms with van der Waals surface area (Å²) in [6, 6.07) is 12.1. The molecular weight excluding hydrogens is 304 g/mol. The van der Waals surface area contributed by atoms with Gasteiger partial charge in [-0.25, -0.2) is 4.79 Å². The second-order valence-corrected chi connectivity index (χ2v) is 6.07. The fourth-order valence-electron chi connectivity index (χ4n) is 3.28. The number of fused-ring (bicyclic) bond motifs is 1. The van der Waals surface area contributed by atoms with Crippen LogP contribution >= 0.6 is 0 Å². The van der Waals surface area contributed by atoms with Crippen LogP contribution in [0.4, 0.5) is 4.79 Å². The third kappa shape index (κ3) is 3.46. The Labute approximate surface area is 142 Å². The Morgan fingerprint density at radius 1 is 1.25 bits per heavy atom. The number of amides is 2. The van der Waals surface area contributed by atoms with Crippen molar-refractivity contribution in [3.63, 3.8) is 0 Å². The Kier molecular flexibility index (Phi) is 5.20. The van der Waals surface area contributed by atoms with Gasteiger partial charge in [-0.3, -0.25) is 0 Å². The Balaban J connectivity index is 1.74. The highest BCUT2D eigenvalue weighted by Gasteiger charge is 2.23. The van der Waals surface area contributed by atoms with Gasteiger partial charge in [0.15, 0.2) is 0 Å². The van der Waals surface area contributed by atoms with Gasteiger partial charge in [0, 0.05) is 32.3 Å². The second-order valence-electron chi connectivity index (χ2n) is 6.07. The minimum atomic E-state index is -0.0493. The number of nitrogens with one attached hydrogen (secondary N) is 1. The Bertz CT molecular complexity index is 717. The molecule has 1 saturated heterocycles. The van der Waals surface area contributed by atoms with Gasteiger partial charge in [0.1, 0.15) is 5.75 Å². The number of ether oxygens (including phenoxy) is 2. The van der Waals surface area contributed by atoms with E-state index in [0.29, 0.717) is 13.1 Å². The smallest absolute Gasteiger partial charge is 0.317 e. The molecule has 5 nitrogen and oxygen atoms in total. The van der Waals surface area contributed by atoms with Crippen molar-refractivity contribution in [2.45, 2.75) is 25.5 Å². The molecule has 0 radical (unpaired) electrons. The molecule has 24 heavy (non-hydrogen) atoms. The number of urea groups is 1. The molecule has 1 fully saturated rings. The maximum absolute atomic E-state index is 12.5. The molecule has 5 heteroatoms. The van der Waals surface area contributed by atoms with E-state index in [-0.39, 0.29) is 12.1 Å². The quantitative estimate of drug-likeness (QED) is 0.938. The largest absolute Gasteiger partial charge is 0.496 e. The molecular formula is C19H24N2O3. The molecule has 1 heterocycles. The molecule has 1 N–H and O–H groups in total. The minimum absolute atomic E-state index is 0.0493. The maximum atomic E-state index is 12.5. The highest BCUT2D eigenvalue weighted by Crippen LogP contribution is 2.27. The van der Waals surface area contributed by atoms with Crippen LogP contribution in [0.1, 0.15) is 18.4 Å². The predicted octanol–water partition coefficient (Wildman–Crippen LogP) is 3.17. The van der Waals surface area contributed by atoms with Crippen molar-refractivity contribution in [3.05, 3.63) is 42.0 Å². The third-order valence-electron chi connectivity index (χ3n) is 4.63. The number of piperidine rings is 1. The average molecular weight is 328 g/mol. The minimum Gasteiger partial charge on any atom is -0.496 e. The first-order chi connectivity index (χ1) is 11.7. The van der Waals surface area contributed by atoms with Gasteiger partial charge >= 0.3 is 6.03 Å². The van der Waals surface area contributed by atoms with Crippen molar-refractivity contribution in [1.29, 1.82) is 0 Å². The summed E-state index contributed by atoms with van der Waals surface area (Å²) in [5, 5.41) is 5.27. The molecule has 0 aliphatic carbocycles. The first-order valence-electron chi connectivity index (χ1n) is 8.33. The normalized spacial score (nSPS) is 17.8. The Morgan fingerprint density at radius 3 is 2.88 bits per heavy atom. The van der Waals surface area contributed by atoms with Crippen LogP contribution in [0.3, 0.4) is 0 Å². The number of hydrogen-bond donors (Lipinski definition) is 1. The summed E-state index contributed by atoms with van der Waals surface area (Å²) in [5.41, 5.74) is 1.00. The fraction of sp³-hybridized carbons (Fsp3) is 0.421. The first kappa shape index (κ1) is 16.6. The van der Waals surface area contributed by atoms with Crippen molar-refractivity contribution >= 4 is 16.8 Å². The Morgan fingerprint density at radius 2 is 2.08 bits per heavy atom. The van der Waals surface area contributed by atoms with E-state index >= 15 is 0 Å². The van der Waals surface area contributed by atoms with Crippen LogP contribution in [0, 0.1) is 0 Å². The number of likely N-dealkylation sites (tertiary alicyclic amines) is 1. The van der Waals surface area contributed by atoms with Crippen molar-refractivity contribution < 1.29 is 14.3 Å². The highest BCUT2D eigenvalue weighted by molar-refractivity contribution is 5.88. The van der Waals surface area contributed by atoms with Crippen LogP contribution in [0.2, 0.25) is 0 Å². The number of benzene rings is 2. The van der Waals surface area contributed by atoms with E-state index in [0.717, 1.165) is 41.5 Å². The third-order valence-corrected chi connectivity index (χ3v) is 4.63. The van der Waals surface area contributed by atoms with E-state index in [4.69, 9.17) is 9.47 Å². The summed E-state index contributed by atoms with van der Waals surface area (Å²) in [5.74, 6) is 0.794. The Hall–Kier alpha value is -2.27. The van der Waals surface area contributed by atoms with Gasteiger partial charge in [0.25, 0.3) is 0 Å². The summed E-state index contributed by atoms with van der Waals surface area (Å²) in [4.78, 5) is 14.3. The number of methoxy groups -OCH3 is 2. The van der Waals surface area contributed by atoms with Crippen LogP contribution in [0.15, 0.2) is 36.4 Å². The molecule has 0 saturated carbocycles. The van der Waals surface area contributed by atoms with E-state index < -0.39 is 0 Å². The molecule has 1 aliphatic rings. The summed E-state index contributed by atoms with van der Waals surface area (Å²) in [6.45, 7) is 1.87. The van der Waals surface area contributed by atoms with Crippen molar-refractivity contribution in [1.82, 2.24) is 10.2 Å². The zero-order valence-corrected chi connectivity index (χ0v) is 14.2. The van der Waals surface area contributed by atoms with Gasteiger partial charge in [-0.1, -0.05) is 30.3 Å². The van der Waals surface area contributed by atoms with Crippen LogP contribution in [0.25, 0.3) is 10.8 Å². The SMILES string of the molecule is COc1ccc2ccccc2c1CNC(=O)N1CCCC(OC)C1. The van der Waals surface area contributed by atoms with Gasteiger partial charge in [-0.15, -0.1) is 0 Å².